The molecule has 1 atom stereocenters. The van der Waals surface area contributed by atoms with Crippen LogP contribution >= 0.6 is 22.9 Å². The first kappa shape index (κ1) is 28.2. The van der Waals surface area contributed by atoms with Crippen LogP contribution < -0.4 is 14.2 Å². The van der Waals surface area contributed by atoms with Gasteiger partial charge < -0.3 is 19.3 Å². The minimum atomic E-state index is -3.92. The van der Waals surface area contributed by atoms with Gasteiger partial charge in [0.25, 0.3) is 10.0 Å². The Kier molecular flexibility index (Phi) is 8.81. The van der Waals surface area contributed by atoms with Crippen LogP contribution in [0.1, 0.15) is 18.4 Å². The first-order valence-corrected chi connectivity index (χ1v) is 14.7. The Morgan fingerprint density at radius 1 is 1.16 bits per heavy atom. The summed E-state index contributed by atoms with van der Waals surface area (Å²) in [5.74, 6) is 0.631. The lowest BCUT2D eigenvalue weighted by atomic mass is 10.1. The van der Waals surface area contributed by atoms with Gasteiger partial charge in [-0.2, -0.15) is 4.72 Å². The molecule has 1 N–H and O–H groups in total. The van der Waals surface area contributed by atoms with E-state index in [0.717, 1.165) is 27.0 Å². The topological polar surface area (TPSA) is 105 Å². The molecule has 0 bridgehead atoms. The number of carbonyl (C=O) groups excluding carboxylic acids is 2. The van der Waals surface area contributed by atoms with Crippen LogP contribution in [0.3, 0.4) is 0 Å². The van der Waals surface area contributed by atoms with Crippen LogP contribution in [0.4, 0.5) is 0 Å². The lowest BCUT2D eigenvalue weighted by Gasteiger charge is -2.33. The molecular weight excluding hydrogens is 550 g/mol. The summed E-state index contributed by atoms with van der Waals surface area (Å²) in [6.45, 7) is 0.733. The summed E-state index contributed by atoms with van der Waals surface area (Å²) in [4.78, 5) is 29.0. The summed E-state index contributed by atoms with van der Waals surface area (Å²) in [5.41, 5.74) is 0.981. The van der Waals surface area contributed by atoms with Gasteiger partial charge in [-0.25, -0.2) is 8.42 Å². The average Bonchev–Trinajstić information content (AvgIpc) is 3.33. The molecule has 38 heavy (non-hydrogen) atoms. The standard InChI is InChI=1S/C26H30ClN3O6S2/c1-29(12-10-17-6-9-21(35-2)22(13-17)36-3)24(31)16-30-11-4-5-20(26(30)32)28-38(33,34)25-14-18-7-8-19(27)15-23(18)37-25/h6-9,13-15,20,28H,4-5,10-12,16H2,1-3H3. The zero-order valence-corrected chi connectivity index (χ0v) is 23.8. The minimum Gasteiger partial charge on any atom is -0.493 e. The van der Waals surface area contributed by atoms with Crippen molar-refractivity contribution in [3.05, 3.63) is 53.1 Å². The number of nitrogens with zero attached hydrogens (tertiary/aromatic N) is 2. The van der Waals surface area contributed by atoms with E-state index in [0.29, 0.717) is 48.9 Å². The van der Waals surface area contributed by atoms with Crippen LogP contribution in [0.25, 0.3) is 10.1 Å². The molecule has 0 radical (unpaired) electrons. The number of sulfonamides is 1. The second kappa shape index (κ2) is 11.9. The van der Waals surface area contributed by atoms with E-state index in [1.165, 1.54) is 4.90 Å². The fraction of sp³-hybridized carbons (Fsp3) is 0.385. The van der Waals surface area contributed by atoms with Crippen molar-refractivity contribution in [3.8, 4) is 11.5 Å². The summed E-state index contributed by atoms with van der Waals surface area (Å²) in [5, 5.41) is 1.28. The maximum absolute atomic E-state index is 13.1. The normalized spacial score (nSPS) is 16.1. The number of fused-ring (bicyclic) bond motifs is 1. The lowest BCUT2D eigenvalue weighted by Crippen LogP contribution is -2.54. The first-order valence-electron chi connectivity index (χ1n) is 12.1. The van der Waals surface area contributed by atoms with Gasteiger partial charge in [0.05, 0.1) is 20.8 Å². The van der Waals surface area contributed by atoms with Crippen LogP contribution in [-0.2, 0) is 26.0 Å². The van der Waals surface area contributed by atoms with Crippen molar-refractivity contribution in [2.75, 3.05) is 40.9 Å². The van der Waals surface area contributed by atoms with E-state index in [9.17, 15) is 18.0 Å². The Hall–Kier alpha value is -2.86. The Labute approximate surface area is 231 Å². The zero-order chi connectivity index (χ0) is 27.4. The third-order valence-electron chi connectivity index (χ3n) is 6.49. The molecule has 204 valence electrons. The van der Waals surface area contributed by atoms with Crippen molar-refractivity contribution in [2.24, 2.45) is 0 Å². The van der Waals surface area contributed by atoms with Crippen LogP contribution in [0.15, 0.2) is 46.7 Å². The maximum atomic E-state index is 13.1. The first-order chi connectivity index (χ1) is 18.1. The number of rotatable bonds is 10. The van der Waals surface area contributed by atoms with E-state index >= 15 is 0 Å². The summed E-state index contributed by atoms with van der Waals surface area (Å²) in [6.07, 6.45) is 1.55. The van der Waals surface area contributed by atoms with Gasteiger partial charge in [0, 0.05) is 29.9 Å². The number of hydrogen-bond acceptors (Lipinski definition) is 7. The number of methoxy groups -OCH3 is 2. The smallest absolute Gasteiger partial charge is 0.250 e. The minimum absolute atomic E-state index is 0.110. The third-order valence-corrected chi connectivity index (χ3v) is 9.77. The van der Waals surface area contributed by atoms with Gasteiger partial charge in [-0.15, -0.1) is 11.3 Å². The number of nitrogens with one attached hydrogen (secondary N) is 1. The molecule has 2 aromatic carbocycles. The van der Waals surface area contributed by atoms with Crippen molar-refractivity contribution in [2.45, 2.75) is 29.5 Å². The summed E-state index contributed by atoms with van der Waals surface area (Å²) in [7, 11) is 0.903. The Morgan fingerprint density at radius 2 is 1.92 bits per heavy atom. The van der Waals surface area contributed by atoms with Gasteiger partial charge in [0.2, 0.25) is 11.8 Å². The SMILES string of the molecule is COc1ccc(CCN(C)C(=O)CN2CCCC(NS(=O)(=O)c3cc4ccc(Cl)cc4s3)C2=O)cc1OC. The number of ether oxygens (including phenoxy) is 2. The number of benzene rings is 2. The Balaban J connectivity index is 1.35. The molecule has 4 rings (SSSR count). The van der Waals surface area contributed by atoms with Gasteiger partial charge in [0.1, 0.15) is 10.3 Å². The van der Waals surface area contributed by atoms with E-state index in [1.807, 2.05) is 18.2 Å². The Bertz CT molecular complexity index is 1440. The van der Waals surface area contributed by atoms with Crippen molar-refractivity contribution in [1.82, 2.24) is 14.5 Å². The van der Waals surface area contributed by atoms with Gasteiger partial charge >= 0.3 is 0 Å². The number of piperidine rings is 1. The van der Waals surface area contributed by atoms with Gasteiger partial charge in [0.15, 0.2) is 11.5 Å². The molecule has 0 spiro atoms. The molecule has 12 heteroatoms. The highest BCUT2D eigenvalue weighted by atomic mass is 35.5. The second-order valence-corrected chi connectivity index (χ2v) is 12.5. The van der Waals surface area contributed by atoms with Crippen LogP contribution in [0.2, 0.25) is 5.02 Å². The predicted molar refractivity (Wildman–Crippen MR) is 148 cm³/mol. The Morgan fingerprint density at radius 3 is 2.66 bits per heavy atom. The summed E-state index contributed by atoms with van der Waals surface area (Å²) in [6, 6.07) is 11.4. The highest BCUT2D eigenvalue weighted by molar-refractivity contribution is 7.91. The average molecular weight is 580 g/mol. The van der Waals surface area contributed by atoms with E-state index in [4.69, 9.17) is 21.1 Å². The molecule has 0 aliphatic carbocycles. The fourth-order valence-electron chi connectivity index (χ4n) is 4.31. The quantitative estimate of drug-likeness (QED) is 0.394. The zero-order valence-electron chi connectivity index (χ0n) is 21.4. The molecule has 9 nitrogen and oxygen atoms in total. The second-order valence-electron chi connectivity index (χ2n) is 9.08. The molecule has 1 aliphatic heterocycles. The third kappa shape index (κ3) is 6.40. The van der Waals surface area contributed by atoms with Crippen molar-refractivity contribution in [1.29, 1.82) is 0 Å². The van der Waals surface area contributed by atoms with Gasteiger partial charge in [-0.3, -0.25) is 9.59 Å². The largest absolute Gasteiger partial charge is 0.493 e. The molecule has 1 fully saturated rings. The number of amides is 2. The molecule has 3 aromatic rings. The number of halogens is 1. The number of hydrogen-bond donors (Lipinski definition) is 1. The molecule has 1 unspecified atom stereocenters. The molecule has 1 saturated heterocycles. The highest BCUT2D eigenvalue weighted by Crippen LogP contribution is 2.31. The van der Waals surface area contributed by atoms with Gasteiger partial charge in [-0.05, 0) is 60.5 Å². The van der Waals surface area contributed by atoms with E-state index < -0.39 is 22.0 Å². The van der Waals surface area contributed by atoms with Crippen LogP contribution in [0.5, 0.6) is 11.5 Å². The summed E-state index contributed by atoms with van der Waals surface area (Å²) < 4.78 is 40.1. The van der Waals surface area contributed by atoms with E-state index in [2.05, 4.69) is 4.72 Å². The number of likely N-dealkylation sites (N-methyl/N-ethyl adjacent to an activating group) is 1. The number of thiophene rings is 1. The predicted octanol–water partition coefficient (Wildman–Crippen LogP) is 3.54. The molecule has 1 aliphatic rings. The lowest BCUT2D eigenvalue weighted by molar-refractivity contribution is -0.142. The van der Waals surface area contributed by atoms with Gasteiger partial charge in [-0.1, -0.05) is 23.7 Å². The van der Waals surface area contributed by atoms with E-state index in [1.54, 1.807) is 50.4 Å². The summed E-state index contributed by atoms with van der Waals surface area (Å²) >= 11 is 7.12. The van der Waals surface area contributed by atoms with Crippen molar-refractivity contribution in [3.63, 3.8) is 0 Å². The molecule has 0 saturated carbocycles. The van der Waals surface area contributed by atoms with E-state index in [-0.39, 0.29) is 16.7 Å². The van der Waals surface area contributed by atoms with Crippen molar-refractivity contribution < 1.29 is 27.5 Å². The van der Waals surface area contributed by atoms with Crippen LogP contribution in [0, 0.1) is 0 Å². The molecular formula is C26H30ClN3O6S2. The van der Waals surface area contributed by atoms with Crippen molar-refractivity contribution >= 4 is 54.9 Å². The monoisotopic (exact) mass is 579 g/mol. The number of carbonyl (C=O) groups is 2. The molecule has 2 amide bonds. The molecule has 2 heterocycles. The number of likely N-dealkylation sites (tertiary alicyclic amines) is 1. The van der Waals surface area contributed by atoms with Crippen LogP contribution in [-0.4, -0.2) is 77.0 Å². The maximum Gasteiger partial charge on any atom is 0.250 e. The molecule has 1 aromatic heterocycles. The fourth-order valence-corrected chi connectivity index (χ4v) is 7.22. The highest BCUT2D eigenvalue weighted by Gasteiger charge is 2.34.